The molecule has 2 aromatic rings. The highest BCUT2D eigenvalue weighted by atomic mass is 32.1. The third-order valence-corrected chi connectivity index (χ3v) is 4.50. The van der Waals surface area contributed by atoms with Gasteiger partial charge in [-0.25, -0.2) is 0 Å². The van der Waals surface area contributed by atoms with Crippen LogP contribution < -0.4 is 5.32 Å². The summed E-state index contributed by atoms with van der Waals surface area (Å²) >= 11 is 1.52. The molecule has 1 atom stereocenters. The van der Waals surface area contributed by atoms with Crippen LogP contribution in [-0.4, -0.2) is 17.6 Å². The van der Waals surface area contributed by atoms with Gasteiger partial charge in [0.2, 0.25) is 0 Å². The third kappa shape index (κ3) is 2.43. The Kier molecular flexibility index (Phi) is 3.16. The topological polar surface area (TPSA) is 62.5 Å². The molecule has 1 aliphatic rings. The van der Waals surface area contributed by atoms with Crippen LogP contribution in [0, 0.1) is 5.92 Å². The van der Waals surface area contributed by atoms with E-state index in [0.717, 1.165) is 17.7 Å². The lowest BCUT2D eigenvalue weighted by Gasteiger charge is -2.27. The summed E-state index contributed by atoms with van der Waals surface area (Å²) in [6, 6.07) is 7.11. The van der Waals surface area contributed by atoms with E-state index in [0.29, 0.717) is 0 Å². The standard InChI is InChI=1S/C14H15NO3S/c16-13(11-3-1-7-18-11)15-9-14(17,10-5-6-10)12-4-2-8-19-12/h1-4,7-8,10,17H,5-6,9H2,(H,15,16). The summed E-state index contributed by atoms with van der Waals surface area (Å²) in [4.78, 5) is 12.8. The second kappa shape index (κ2) is 4.83. The average Bonchev–Trinajstić information content (AvgIpc) is 2.95. The minimum absolute atomic E-state index is 0.220. The fourth-order valence-electron chi connectivity index (χ4n) is 2.23. The first kappa shape index (κ1) is 12.4. The smallest absolute Gasteiger partial charge is 0.287 e. The second-order valence-electron chi connectivity index (χ2n) is 4.84. The minimum atomic E-state index is -0.948. The monoisotopic (exact) mass is 277 g/mol. The number of nitrogens with one attached hydrogen (secondary N) is 1. The number of carbonyl (C=O) groups is 1. The molecule has 3 rings (SSSR count). The van der Waals surface area contributed by atoms with Crippen LogP contribution in [0.25, 0.3) is 0 Å². The summed E-state index contributed by atoms with van der Waals surface area (Å²) < 4.78 is 5.04. The molecule has 0 saturated heterocycles. The van der Waals surface area contributed by atoms with Crippen LogP contribution in [0.3, 0.4) is 0 Å². The number of aliphatic hydroxyl groups is 1. The fourth-order valence-corrected chi connectivity index (χ4v) is 3.13. The Hall–Kier alpha value is -1.59. The van der Waals surface area contributed by atoms with E-state index in [-0.39, 0.29) is 24.1 Å². The van der Waals surface area contributed by atoms with Crippen LogP contribution in [0.4, 0.5) is 0 Å². The van der Waals surface area contributed by atoms with Crippen molar-refractivity contribution in [3.05, 3.63) is 46.5 Å². The number of furan rings is 1. The Labute approximate surface area is 115 Å². The van der Waals surface area contributed by atoms with Crippen molar-refractivity contribution in [3.63, 3.8) is 0 Å². The van der Waals surface area contributed by atoms with Gasteiger partial charge in [-0.1, -0.05) is 6.07 Å². The molecule has 100 valence electrons. The summed E-state index contributed by atoms with van der Waals surface area (Å²) in [6.45, 7) is 0.220. The molecule has 4 nitrogen and oxygen atoms in total. The van der Waals surface area contributed by atoms with E-state index in [2.05, 4.69) is 5.32 Å². The molecule has 5 heteroatoms. The van der Waals surface area contributed by atoms with E-state index in [1.165, 1.54) is 17.6 Å². The Morgan fingerprint density at radius 2 is 2.32 bits per heavy atom. The first-order chi connectivity index (χ1) is 9.20. The number of carbonyl (C=O) groups excluding carboxylic acids is 1. The van der Waals surface area contributed by atoms with Crippen LogP contribution in [0.15, 0.2) is 40.3 Å². The molecule has 0 aliphatic heterocycles. The molecule has 2 heterocycles. The molecular weight excluding hydrogens is 262 g/mol. The molecule has 1 unspecified atom stereocenters. The SMILES string of the molecule is O=C(NCC(O)(c1cccs1)C1CC1)c1ccco1. The van der Waals surface area contributed by atoms with Gasteiger partial charge in [0.25, 0.3) is 5.91 Å². The third-order valence-electron chi connectivity index (χ3n) is 3.46. The molecule has 0 aromatic carbocycles. The van der Waals surface area contributed by atoms with Crippen molar-refractivity contribution in [2.24, 2.45) is 5.92 Å². The molecule has 0 spiro atoms. The maximum atomic E-state index is 11.9. The van der Waals surface area contributed by atoms with Crippen LogP contribution >= 0.6 is 11.3 Å². The van der Waals surface area contributed by atoms with Gasteiger partial charge in [0.05, 0.1) is 12.8 Å². The van der Waals surface area contributed by atoms with Gasteiger partial charge in [-0.15, -0.1) is 11.3 Å². The molecule has 1 aliphatic carbocycles. The Balaban J connectivity index is 1.71. The minimum Gasteiger partial charge on any atom is -0.459 e. The molecule has 2 aromatic heterocycles. The molecular formula is C14H15NO3S. The molecule has 0 bridgehead atoms. The largest absolute Gasteiger partial charge is 0.459 e. The number of thiophene rings is 1. The second-order valence-corrected chi connectivity index (χ2v) is 5.78. The van der Waals surface area contributed by atoms with Crippen molar-refractivity contribution < 1.29 is 14.3 Å². The quantitative estimate of drug-likeness (QED) is 0.882. The summed E-state index contributed by atoms with van der Waals surface area (Å²) in [7, 11) is 0. The fraction of sp³-hybridized carbons (Fsp3) is 0.357. The highest BCUT2D eigenvalue weighted by molar-refractivity contribution is 7.10. The van der Waals surface area contributed by atoms with E-state index < -0.39 is 5.60 Å². The summed E-state index contributed by atoms with van der Waals surface area (Å²) in [6.07, 6.45) is 3.47. The summed E-state index contributed by atoms with van der Waals surface area (Å²) in [5, 5.41) is 15.5. The number of hydrogen-bond donors (Lipinski definition) is 2. The van der Waals surface area contributed by atoms with Crippen molar-refractivity contribution in [2.75, 3.05) is 6.54 Å². The lowest BCUT2D eigenvalue weighted by molar-refractivity contribution is 0.0166. The number of hydrogen-bond acceptors (Lipinski definition) is 4. The summed E-state index contributed by atoms with van der Waals surface area (Å²) in [5.41, 5.74) is -0.948. The van der Waals surface area contributed by atoms with Gasteiger partial charge in [0.15, 0.2) is 5.76 Å². The van der Waals surface area contributed by atoms with E-state index >= 15 is 0 Å². The molecule has 2 N–H and O–H groups in total. The van der Waals surface area contributed by atoms with Crippen molar-refractivity contribution in [3.8, 4) is 0 Å². The number of rotatable bonds is 5. The van der Waals surface area contributed by atoms with Crippen LogP contribution in [-0.2, 0) is 5.60 Å². The van der Waals surface area contributed by atoms with Crippen molar-refractivity contribution >= 4 is 17.2 Å². The van der Waals surface area contributed by atoms with Gasteiger partial charge in [-0.2, -0.15) is 0 Å². The van der Waals surface area contributed by atoms with E-state index in [1.807, 2.05) is 17.5 Å². The molecule has 1 amide bonds. The van der Waals surface area contributed by atoms with Crippen LogP contribution in [0.5, 0.6) is 0 Å². The molecule has 1 saturated carbocycles. The predicted molar refractivity (Wildman–Crippen MR) is 72.0 cm³/mol. The highest BCUT2D eigenvalue weighted by Gasteiger charge is 2.46. The molecule has 19 heavy (non-hydrogen) atoms. The van der Waals surface area contributed by atoms with Crippen LogP contribution in [0.1, 0.15) is 28.3 Å². The van der Waals surface area contributed by atoms with Crippen molar-refractivity contribution in [2.45, 2.75) is 18.4 Å². The zero-order valence-corrected chi connectivity index (χ0v) is 11.2. The van der Waals surface area contributed by atoms with E-state index in [1.54, 1.807) is 12.1 Å². The first-order valence-electron chi connectivity index (χ1n) is 6.28. The number of amides is 1. The Morgan fingerprint density at radius 3 is 2.89 bits per heavy atom. The van der Waals surface area contributed by atoms with Gasteiger partial charge in [0.1, 0.15) is 5.60 Å². The van der Waals surface area contributed by atoms with Crippen molar-refractivity contribution in [1.82, 2.24) is 5.32 Å². The lowest BCUT2D eigenvalue weighted by Crippen LogP contribution is -2.41. The van der Waals surface area contributed by atoms with E-state index in [4.69, 9.17) is 4.42 Å². The highest BCUT2D eigenvalue weighted by Crippen LogP contribution is 2.46. The van der Waals surface area contributed by atoms with Gasteiger partial charge in [-0.05, 0) is 42.3 Å². The normalized spacial score (nSPS) is 17.9. The summed E-state index contributed by atoms with van der Waals surface area (Å²) in [5.74, 6) is 0.216. The zero-order valence-electron chi connectivity index (χ0n) is 10.3. The zero-order chi connectivity index (χ0) is 13.3. The maximum absolute atomic E-state index is 11.9. The lowest BCUT2D eigenvalue weighted by atomic mass is 9.95. The first-order valence-corrected chi connectivity index (χ1v) is 7.16. The van der Waals surface area contributed by atoms with Crippen LogP contribution in [0.2, 0.25) is 0 Å². The molecule has 0 radical (unpaired) electrons. The van der Waals surface area contributed by atoms with E-state index in [9.17, 15) is 9.90 Å². The van der Waals surface area contributed by atoms with Gasteiger partial charge in [0, 0.05) is 4.88 Å². The van der Waals surface area contributed by atoms with Crippen molar-refractivity contribution in [1.29, 1.82) is 0 Å². The molecule has 1 fully saturated rings. The Morgan fingerprint density at radius 1 is 1.47 bits per heavy atom. The Bertz CT molecular complexity index is 545. The predicted octanol–water partition coefficient (Wildman–Crippen LogP) is 2.37. The van der Waals surface area contributed by atoms with Gasteiger partial charge in [-0.3, -0.25) is 4.79 Å². The van der Waals surface area contributed by atoms with Gasteiger partial charge >= 0.3 is 0 Å². The maximum Gasteiger partial charge on any atom is 0.287 e. The average molecular weight is 277 g/mol. The van der Waals surface area contributed by atoms with Gasteiger partial charge < -0.3 is 14.8 Å².